The maximum atomic E-state index is 11.3. The average molecular weight is 288 g/mol. The van der Waals surface area contributed by atoms with Crippen molar-refractivity contribution in [2.75, 3.05) is 0 Å². The van der Waals surface area contributed by atoms with Crippen molar-refractivity contribution in [2.45, 2.75) is 24.9 Å². The van der Waals surface area contributed by atoms with E-state index in [0.717, 1.165) is 34.9 Å². The van der Waals surface area contributed by atoms with Crippen molar-refractivity contribution in [3.05, 3.63) is 5.69 Å². The molecule has 0 atom stereocenters. The minimum atomic E-state index is -3.88. The molecule has 0 saturated carbocycles. The van der Waals surface area contributed by atoms with E-state index in [1.807, 2.05) is 6.92 Å². The van der Waals surface area contributed by atoms with Crippen LogP contribution in [-0.4, -0.2) is 32.8 Å². The number of sulfonamides is 1. The molecule has 0 aliphatic rings. The smallest absolute Gasteiger partial charge is 0.273 e. The topological polar surface area (TPSA) is 117 Å². The first kappa shape index (κ1) is 13.1. The summed E-state index contributed by atoms with van der Waals surface area (Å²) in [6.07, 6.45) is 1.67. The van der Waals surface area contributed by atoms with Crippen molar-refractivity contribution in [3.8, 4) is 10.7 Å². The van der Waals surface area contributed by atoms with Gasteiger partial charge in [0.1, 0.15) is 4.88 Å². The first-order valence-electron chi connectivity index (χ1n) is 5.19. The molecule has 0 spiro atoms. The van der Waals surface area contributed by atoms with Gasteiger partial charge in [-0.15, -0.1) is 15.3 Å². The van der Waals surface area contributed by atoms with E-state index in [2.05, 4.69) is 19.8 Å². The Bertz CT molecular complexity index is 659. The Morgan fingerprint density at radius 1 is 1.33 bits per heavy atom. The van der Waals surface area contributed by atoms with Crippen LogP contribution in [0, 0.1) is 0 Å². The minimum Gasteiger partial charge on any atom is -0.299 e. The Hall–Kier alpha value is -1.39. The van der Waals surface area contributed by atoms with Crippen LogP contribution in [0.5, 0.6) is 0 Å². The largest absolute Gasteiger partial charge is 0.299 e. The molecule has 2 N–H and O–H groups in total. The fraction of sp³-hybridized carbons (Fsp3) is 0.500. The van der Waals surface area contributed by atoms with Gasteiger partial charge in [-0.1, -0.05) is 17.8 Å². The minimum absolute atomic E-state index is 0.270. The zero-order valence-electron chi connectivity index (χ0n) is 9.86. The van der Waals surface area contributed by atoms with E-state index < -0.39 is 10.0 Å². The van der Waals surface area contributed by atoms with E-state index in [1.54, 1.807) is 7.05 Å². The molecule has 2 aromatic heterocycles. The molecule has 2 aromatic rings. The number of nitrogens with two attached hydrogens (primary N) is 1. The van der Waals surface area contributed by atoms with Gasteiger partial charge in [-0.25, -0.2) is 13.6 Å². The summed E-state index contributed by atoms with van der Waals surface area (Å²) < 4.78 is 27.7. The van der Waals surface area contributed by atoms with Crippen molar-refractivity contribution in [1.82, 2.24) is 24.4 Å². The third kappa shape index (κ3) is 2.26. The summed E-state index contributed by atoms with van der Waals surface area (Å²) in [7, 11) is -2.33. The van der Waals surface area contributed by atoms with Crippen molar-refractivity contribution < 1.29 is 8.42 Å². The molecule has 8 nitrogen and oxygen atoms in total. The molecule has 2 heterocycles. The maximum Gasteiger partial charge on any atom is 0.273 e. The summed E-state index contributed by atoms with van der Waals surface area (Å²) in [5.74, 6) is 0.414. The van der Waals surface area contributed by atoms with Crippen LogP contribution >= 0.6 is 11.5 Å². The van der Waals surface area contributed by atoms with Gasteiger partial charge < -0.3 is 0 Å². The molecular weight excluding hydrogens is 276 g/mol. The molecule has 98 valence electrons. The van der Waals surface area contributed by atoms with Crippen LogP contribution in [0.25, 0.3) is 10.7 Å². The van der Waals surface area contributed by atoms with Crippen molar-refractivity contribution in [2.24, 2.45) is 12.2 Å². The van der Waals surface area contributed by atoms with Crippen LogP contribution in [0.3, 0.4) is 0 Å². The van der Waals surface area contributed by atoms with Crippen LogP contribution in [0.1, 0.15) is 19.0 Å². The molecule has 0 amide bonds. The summed E-state index contributed by atoms with van der Waals surface area (Å²) >= 11 is 1.16. The number of aromatic nitrogens is 5. The second kappa shape index (κ2) is 4.71. The molecule has 0 saturated heterocycles. The lowest BCUT2D eigenvalue weighted by Crippen LogP contribution is -2.17. The van der Waals surface area contributed by atoms with E-state index in [4.69, 9.17) is 5.14 Å². The Morgan fingerprint density at radius 3 is 2.61 bits per heavy atom. The highest BCUT2D eigenvalue weighted by Gasteiger charge is 2.22. The summed E-state index contributed by atoms with van der Waals surface area (Å²) in [5, 5.41) is 16.2. The molecule has 0 aromatic carbocycles. The van der Waals surface area contributed by atoms with E-state index in [1.165, 1.54) is 4.57 Å². The van der Waals surface area contributed by atoms with Crippen LogP contribution in [-0.2, 0) is 23.5 Å². The second-order valence-corrected chi connectivity index (χ2v) is 5.92. The lowest BCUT2D eigenvalue weighted by Gasteiger charge is -2.01. The van der Waals surface area contributed by atoms with Gasteiger partial charge in [0.15, 0.2) is 5.82 Å². The summed E-state index contributed by atoms with van der Waals surface area (Å²) in [6.45, 7) is 2.02. The van der Waals surface area contributed by atoms with Crippen LogP contribution < -0.4 is 5.14 Å². The van der Waals surface area contributed by atoms with Crippen molar-refractivity contribution in [1.29, 1.82) is 0 Å². The summed E-state index contributed by atoms with van der Waals surface area (Å²) in [6, 6.07) is 0. The predicted octanol–water partition coefficient (Wildman–Crippen LogP) is -0.0665. The second-order valence-electron chi connectivity index (χ2n) is 3.71. The summed E-state index contributed by atoms with van der Waals surface area (Å²) in [5.41, 5.74) is 0.791. The lowest BCUT2D eigenvalue weighted by atomic mass is 10.2. The van der Waals surface area contributed by atoms with E-state index in [0.29, 0.717) is 5.82 Å². The monoisotopic (exact) mass is 288 g/mol. The fourth-order valence-electron chi connectivity index (χ4n) is 1.54. The SMILES string of the molecule is CCCc1nnsc1-c1nnc(S(N)(=O)=O)n1C. The highest BCUT2D eigenvalue weighted by molar-refractivity contribution is 7.89. The Balaban J connectivity index is 2.53. The number of nitrogens with zero attached hydrogens (tertiary/aromatic N) is 5. The van der Waals surface area contributed by atoms with Gasteiger partial charge in [0, 0.05) is 7.05 Å². The van der Waals surface area contributed by atoms with Gasteiger partial charge >= 0.3 is 0 Å². The third-order valence-electron chi connectivity index (χ3n) is 2.34. The van der Waals surface area contributed by atoms with Gasteiger partial charge in [0.2, 0.25) is 0 Å². The number of rotatable bonds is 4. The van der Waals surface area contributed by atoms with Crippen LogP contribution in [0.15, 0.2) is 5.16 Å². The standard InChI is InChI=1S/C8H12N6O2S2/c1-3-4-5-6(17-13-10-5)7-11-12-8(14(7)2)18(9,15)16/h3-4H2,1-2H3,(H2,9,15,16). The van der Waals surface area contributed by atoms with Gasteiger partial charge in [-0.2, -0.15) is 0 Å². The predicted molar refractivity (Wildman–Crippen MR) is 65.3 cm³/mol. The molecule has 0 aliphatic carbocycles. The molecule has 0 fully saturated rings. The number of aryl methyl sites for hydroxylation is 1. The zero-order chi connectivity index (χ0) is 13.3. The van der Waals surface area contributed by atoms with Gasteiger partial charge in [0.25, 0.3) is 15.2 Å². The van der Waals surface area contributed by atoms with E-state index >= 15 is 0 Å². The quantitative estimate of drug-likeness (QED) is 0.842. The fourth-order valence-corrected chi connectivity index (χ4v) is 2.89. The Labute approximate surface area is 108 Å². The molecule has 0 unspecified atom stereocenters. The van der Waals surface area contributed by atoms with Gasteiger partial charge in [-0.05, 0) is 18.0 Å². The molecule has 0 aliphatic heterocycles. The highest BCUT2D eigenvalue weighted by atomic mass is 32.2. The van der Waals surface area contributed by atoms with Gasteiger partial charge in [-0.3, -0.25) is 4.57 Å². The lowest BCUT2D eigenvalue weighted by molar-refractivity contribution is 0.580. The van der Waals surface area contributed by atoms with Gasteiger partial charge in [0.05, 0.1) is 5.69 Å². The van der Waals surface area contributed by atoms with Crippen LogP contribution in [0.2, 0.25) is 0 Å². The number of hydrogen-bond donors (Lipinski definition) is 1. The molecule has 18 heavy (non-hydrogen) atoms. The molecule has 0 bridgehead atoms. The number of primary sulfonamides is 1. The zero-order valence-corrected chi connectivity index (χ0v) is 11.5. The summed E-state index contributed by atoms with van der Waals surface area (Å²) in [4.78, 5) is 0.724. The molecule has 10 heteroatoms. The van der Waals surface area contributed by atoms with Crippen molar-refractivity contribution >= 4 is 21.6 Å². The first-order valence-corrected chi connectivity index (χ1v) is 7.51. The van der Waals surface area contributed by atoms with Crippen LogP contribution in [0.4, 0.5) is 0 Å². The molecule has 0 radical (unpaired) electrons. The third-order valence-corrected chi connectivity index (χ3v) is 3.96. The average Bonchev–Trinajstić information content (AvgIpc) is 2.84. The Kier molecular flexibility index (Phi) is 3.41. The molecular formula is C8H12N6O2S2. The Morgan fingerprint density at radius 2 is 2.06 bits per heavy atom. The first-order chi connectivity index (χ1) is 8.45. The highest BCUT2D eigenvalue weighted by Crippen LogP contribution is 2.25. The van der Waals surface area contributed by atoms with Crippen molar-refractivity contribution in [3.63, 3.8) is 0 Å². The normalized spacial score (nSPS) is 11.9. The number of hydrogen-bond acceptors (Lipinski definition) is 7. The van der Waals surface area contributed by atoms with E-state index in [9.17, 15) is 8.42 Å². The van der Waals surface area contributed by atoms with E-state index in [-0.39, 0.29) is 5.16 Å². The maximum absolute atomic E-state index is 11.3. The molecule has 2 rings (SSSR count).